The molecule has 28 heavy (non-hydrogen) atoms. The molecule has 0 aromatic heterocycles. The lowest BCUT2D eigenvalue weighted by Gasteiger charge is -2.11. The molecule has 1 N–H and O–H groups in total. The van der Waals surface area contributed by atoms with E-state index < -0.39 is 27.4 Å². The highest BCUT2D eigenvalue weighted by atomic mass is 35.5. The molecule has 144 valence electrons. The molecule has 3 rings (SSSR count). The van der Waals surface area contributed by atoms with Gasteiger partial charge < -0.3 is 5.11 Å². The van der Waals surface area contributed by atoms with E-state index in [1.54, 1.807) is 6.07 Å². The van der Waals surface area contributed by atoms with Crippen LogP contribution in [0.25, 0.3) is 10.8 Å². The zero-order valence-electron chi connectivity index (χ0n) is 14.6. The van der Waals surface area contributed by atoms with Gasteiger partial charge in [0.2, 0.25) is 0 Å². The largest absolute Gasteiger partial charge is 0.481 e. The molecule has 0 unspecified atom stereocenters. The third kappa shape index (κ3) is 4.05. The normalized spacial score (nSPS) is 11.5. The Labute approximate surface area is 165 Å². The monoisotopic (exact) mass is 420 g/mol. The molecule has 3 aromatic carbocycles. The number of hydrogen-bond acceptors (Lipinski definition) is 4. The van der Waals surface area contributed by atoms with E-state index in [1.807, 2.05) is 0 Å². The third-order valence-corrected chi connectivity index (χ3v) is 5.61. The molecule has 0 radical (unpaired) electrons. The fraction of sp³-hybridized carbons (Fsp3) is 0.100. The maximum Gasteiger partial charge on any atom is 0.307 e. The molecule has 0 saturated carbocycles. The number of fused-ring (bicyclic) bond motifs is 1. The van der Waals surface area contributed by atoms with Crippen LogP contribution in [0.1, 0.15) is 21.5 Å². The predicted molar refractivity (Wildman–Crippen MR) is 103 cm³/mol. The van der Waals surface area contributed by atoms with Crippen molar-refractivity contribution in [2.75, 3.05) is 6.26 Å². The van der Waals surface area contributed by atoms with Crippen LogP contribution in [-0.2, 0) is 21.1 Å². The highest BCUT2D eigenvalue weighted by Gasteiger charge is 2.19. The Morgan fingerprint density at radius 1 is 1.04 bits per heavy atom. The van der Waals surface area contributed by atoms with E-state index >= 15 is 0 Å². The predicted octanol–water partition coefficient (Wildman–Crippen LogP) is 3.89. The Bertz CT molecular complexity index is 1230. The first-order valence-electron chi connectivity index (χ1n) is 8.04. The summed E-state index contributed by atoms with van der Waals surface area (Å²) in [5, 5.41) is 9.80. The van der Waals surface area contributed by atoms with Gasteiger partial charge >= 0.3 is 5.97 Å². The van der Waals surface area contributed by atoms with Gasteiger partial charge in [-0.2, -0.15) is 0 Å². The molecule has 0 aliphatic heterocycles. The number of carbonyl (C=O) groups is 2. The first-order chi connectivity index (χ1) is 13.1. The van der Waals surface area contributed by atoms with Crippen molar-refractivity contribution in [1.82, 2.24) is 0 Å². The summed E-state index contributed by atoms with van der Waals surface area (Å²) in [5.74, 6) is -2.19. The minimum atomic E-state index is -3.50. The van der Waals surface area contributed by atoms with Crippen LogP contribution in [0.4, 0.5) is 4.39 Å². The minimum Gasteiger partial charge on any atom is -0.481 e. The Balaban J connectivity index is 2.20. The maximum absolute atomic E-state index is 13.8. The summed E-state index contributed by atoms with van der Waals surface area (Å²) in [6, 6.07) is 10.6. The van der Waals surface area contributed by atoms with Gasteiger partial charge in [0.15, 0.2) is 15.6 Å². The molecule has 0 fully saturated rings. The number of carbonyl (C=O) groups excluding carboxylic acids is 1. The molecule has 3 aromatic rings. The summed E-state index contributed by atoms with van der Waals surface area (Å²) >= 11 is 6.13. The van der Waals surface area contributed by atoms with Crippen LogP contribution in [0.5, 0.6) is 0 Å². The first-order valence-corrected chi connectivity index (χ1v) is 10.3. The standard InChI is InChI=1S/C20H14ClFO5S/c1-28(26,27)14-4-5-15(18(21)10-14)20(25)17-7-11(8-19(23)24)6-12-2-3-13(22)9-16(12)17/h2-7,9-10H,8H2,1H3,(H,23,24). The van der Waals surface area contributed by atoms with Crippen LogP contribution >= 0.6 is 11.6 Å². The number of hydrogen-bond donors (Lipinski definition) is 1. The molecule has 0 spiro atoms. The molecular weight excluding hydrogens is 407 g/mol. The van der Waals surface area contributed by atoms with Gasteiger partial charge in [0.25, 0.3) is 0 Å². The summed E-state index contributed by atoms with van der Waals surface area (Å²) in [6.07, 6.45) is 0.708. The van der Waals surface area contributed by atoms with Gasteiger partial charge in [0.05, 0.1) is 16.3 Å². The smallest absolute Gasteiger partial charge is 0.307 e. The van der Waals surface area contributed by atoms with E-state index in [9.17, 15) is 22.4 Å². The average Bonchev–Trinajstić information content (AvgIpc) is 2.59. The lowest BCUT2D eigenvalue weighted by atomic mass is 9.94. The molecule has 0 saturated heterocycles. The molecule has 0 atom stereocenters. The van der Waals surface area contributed by atoms with E-state index in [1.165, 1.54) is 42.5 Å². The molecule has 8 heteroatoms. The Kier molecular flexibility index (Phi) is 5.23. The van der Waals surface area contributed by atoms with Crippen LogP contribution in [-0.4, -0.2) is 31.5 Å². The number of ketones is 1. The van der Waals surface area contributed by atoms with E-state index in [0.717, 1.165) is 6.26 Å². The van der Waals surface area contributed by atoms with E-state index in [4.69, 9.17) is 16.7 Å². The van der Waals surface area contributed by atoms with Gasteiger partial charge in [0.1, 0.15) is 5.82 Å². The van der Waals surface area contributed by atoms with Crippen LogP contribution < -0.4 is 0 Å². The second-order valence-electron chi connectivity index (χ2n) is 6.32. The highest BCUT2D eigenvalue weighted by molar-refractivity contribution is 7.90. The zero-order chi connectivity index (χ0) is 20.6. The van der Waals surface area contributed by atoms with Crippen molar-refractivity contribution >= 4 is 44.0 Å². The number of halogens is 2. The number of rotatable bonds is 5. The lowest BCUT2D eigenvalue weighted by molar-refractivity contribution is -0.136. The molecule has 0 heterocycles. The topological polar surface area (TPSA) is 88.5 Å². The minimum absolute atomic E-state index is 0.0344. The van der Waals surface area contributed by atoms with Gasteiger partial charge in [-0.05, 0) is 52.7 Å². The second kappa shape index (κ2) is 7.33. The fourth-order valence-corrected chi connectivity index (χ4v) is 3.89. The van der Waals surface area contributed by atoms with Gasteiger partial charge in [-0.3, -0.25) is 9.59 Å². The summed E-state index contributed by atoms with van der Waals surface area (Å²) in [5.41, 5.74) is 0.494. The fourth-order valence-electron chi connectivity index (χ4n) is 2.91. The van der Waals surface area contributed by atoms with Gasteiger partial charge in [-0.1, -0.05) is 23.7 Å². The van der Waals surface area contributed by atoms with Gasteiger partial charge in [-0.15, -0.1) is 0 Å². The molecule has 5 nitrogen and oxygen atoms in total. The summed E-state index contributed by atoms with van der Waals surface area (Å²) in [7, 11) is -3.50. The van der Waals surface area contributed by atoms with E-state index in [2.05, 4.69) is 0 Å². The Morgan fingerprint density at radius 2 is 1.75 bits per heavy atom. The third-order valence-electron chi connectivity index (χ3n) is 4.19. The maximum atomic E-state index is 13.8. The van der Waals surface area contributed by atoms with Crippen LogP contribution in [0.3, 0.4) is 0 Å². The lowest BCUT2D eigenvalue weighted by Crippen LogP contribution is -2.07. The quantitative estimate of drug-likeness (QED) is 0.632. The van der Waals surface area contributed by atoms with E-state index in [-0.39, 0.29) is 27.5 Å². The molecule has 0 aliphatic rings. The molecular formula is C20H14ClFO5S. The van der Waals surface area contributed by atoms with Crippen molar-refractivity contribution in [3.8, 4) is 0 Å². The van der Waals surface area contributed by atoms with Crippen molar-refractivity contribution in [2.45, 2.75) is 11.3 Å². The Hall–Kier alpha value is -2.77. The van der Waals surface area contributed by atoms with Gasteiger partial charge in [-0.25, -0.2) is 12.8 Å². The van der Waals surface area contributed by atoms with Crippen molar-refractivity contribution < 1.29 is 27.5 Å². The average molecular weight is 421 g/mol. The molecule has 0 aliphatic carbocycles. The van der Waals surface area contributed by atoms with Crippen molar-refractivity contribution in [1.29, 1.82) is 0 Å². The van der Waals surface area contributed by atoms with E-state index in [0.29, 0.717) is 16.3 Å². The van der Waals surface area contributed by atoms with Crippen molar-refractivity contribution in [3.05, 3.63) is 76.1 Å². The summed E-state index contributed by atoms with van der Waals surface area (Å²) < 4.78 is 37.1. The van der Waals surface area contributed by atoms with Gasteiger partial charge in [0, 0.05) is 17.4 Å². The second-order valence-corrected chi connectivity index (χ2v) is 8.75. The van der Waals surface area contributed by atoms with Crippen LogP contribution in [0.2, 0.25) is 5.02 Å². The van der Waals surface area contributed by atoms with Crippen molar-refractivity contribution in [3.63, 3.8) is 0 Å². The van der Waals surface area contributed by atoms with Crippen LogP contribution in [0, 0.1) is 5.82 Å². The van der Waals surface area contributed by atoms with Crippen LogP contribution in [0.15, 0.2) is 53.4 Å². The number of carboxylic acid groups (broad SMARTS) is 1. The Morgan fingerprint density at radius 3 is 2.36 bits per heavy atom. The first kappa shape index (κ1) is 20.0. The van der Waals surface area contributed by atoms with Crippen molar-refractivity contribution in [2.24, 2.45) is 0 Å². The SMILES string of the molecule is CS(=O)(=O)c1ccc(C(=O)c2cc(CC(=O)O)cc3ccc(F)cc23)c(Cl)c1. The summed E-state index contributed by atoms with van der Waals surface area (Å²) in [4.78, 5) is 24.1. The molecule has 0 bridgehead atoms. The highest BCUT2D eigenvalue weighted by Crippen LogP contribution is 2.29. The molecule has 0 amide bonds. The number of aliphatic carboxylic acids is 1. The number of benzene rings is 3. The number of sulfone groups is 1. The summed E-state index contributed by atoms with van der Waals surface area (Å²) in [6.45, 7) is 0. The number of carboxylic acids is 1. The zero-order valence-corrected chi connectivity index (χ0v) is 16.1.